The highest BCUT2D eigenvalue weighted by atomic mass is 19.1. The minimum atomic E-state index is -1.04. The molecule has 1 heterocycles. The van der Waals surface area contributed by atoms with Gasteiger partial charge in [0.15, 0.2) is 0 Å². The summed E-state index contributed by atoms with van der Waals surface area (Å²) in [5.41, 5.74) is -1.25. The third-order valence-electron chi connectivity index (χ3n) is 4.63. The molecule has 0 bridgehead atoms. The van der Waals surface area contributed by atoms with Gasteiger partial charge in [0.25, 0.3) is 5.91 Å². The van der Waals surface area contributed by atoms with Gasteiger partial charge in [0, 0.05) is 6.07 Å². The topological polar surface area (TPSA) is 78.5 Å². The molecule has 1 fully saturated rings. The first kappa shape index (κ1) is 20.8. The lowest BCUT2D eigenvalue weighted by Gasteiger charge is -2.21. The summed E-state index contributed by atoms with van der Waals surface area (Å²) in [5, 5.41) is 4.89. The number of halogens is 2. The Morgan fingerprint density at radius 1 is 1.19 bits per heavy atom. The van der Waals surface area contributed by atoms with Gasteiger partial charge in [-0.05, 0) is 25.5 Å². The van der Waals surface area contributed by atoms with Crippen LogP contribution in [-0.4, -0.2) is 34.8 Å². The molecule has 148 valence electrons. The van der Waals surface area contributed by atoms with E-state index < -0.39 is 41.6 Å². The van der Waals surface area contributed by atoms with E-state index >= 15 is 0 Å². The zero-order valence-electron chi connectivity index (χ0n) is 15.6. The van der Waals surface area contributed by atoms with Crippen LogP contribution in [0.15, 0.2) is 18.2 Å². The van der Waals surface area contributed by atoms with Crippen LogP contribution in [0.4, 0.5) is 19.3 Å². The highest BCUT2D eigenvalue weighted by molar-refractivity contribution is 6.09. The third kappa shape index (κ3) is 5.24. The lowest BCUT2D eigenvalue weighted by atomic mass is 9.94. The second-order valence-electron chi connectivity index (χ2n) is 6.99. The maximum atomic E-state index is 13.6. The van der Waals surface area contributed by atoms with Crippen molar-refractivity contribution in [3.8, 4) is 0 Å². The summed E-state index contributed by atoms with van der Waals surface area (Å²) >= 11 is 0. The van der Waals surface area contributed by atoms with Gasteiger partial charge in [0.2, 0.25) is 5.91 Å². The number of urea groups is 1. The molecule has 0 spiro atoms. The minimum Gasteiger partial charge on any atom is -0.323 e. The second-order valence-corrected chi connectivity index (χ2v) is 6.99. The van der Waals surface area contributed by atoms with Crippen molar-refractivity contribution < 1.29 is 23.2 Å². The highest BCUT2D eigenvalue weighted by Gasteiger charge is 2.47. The van der Waals surface area contributed by atoms with Gasteiger partial charge >= 0.3 is 6.03 Å². The Morgan fingerprint density at radius 2 is 1.89 bits per heavy atom. The van der Waals surface area contributed by atoms with E-state index in [1.165, 1.54) is 0 Å². The summed E-state index contributed by atoms with van der Waals surface area (Å²) < 4.78 is 26.5. The molecule has 0 aliphatic carbocycles. The molecule has 6 nitrogen and oxygen atoms in total. The number of carbonyl (C=O) groups is 3. The molecule has 4 amide bonds. The number of unbranched alkanes of at least 4 members (excludes halogenated alkanes) is 4. The van der Waals surface area contributed by atoms with Gasteiger partial charge < -0.3 is 10.6 Å². The zero-order chi connectivity index (χ0) is 20.0. The first-order chi connectivity index (χ1) is 12.8. The SMILES string of the molecule is CCCCCCCC1(C)NC(=O)N(CC(=O)Nc2ccc(F)cc2F)C1=O. The number of nitrogens with zero attached hydrogens (tertiary/aromatic N) is 1. The fourth-order valence-corrected chi connectivity index (χ4v) is 3.07. The number of hydrogen-bond acceptors (Lipinski definition) is 3. The molecule has 0 aromatic heterocycles. The molecule has 1 aliphatic heterocycles. The molecule has 2 rings (SSSR count). The molecule has 1 saturated heterocycles. The Morgan fingerprint density at radius 3 is 2.56 bits per heavy atom. The molecule has 1 unspecified atom stereocenters. The average molecular weight is 381 g/mol. The summed E-state index contributed by atoms with van der Waals surface area (Å²) in [4.78, 5) is 37.6. The van der Waals surface area contributed by atoms with Gasteiger partial charge in [0.05, 0.1) is 5.69 Å². The Hall–Kier alpha value is -2.51. The highest BCUT2D eigenvalue weighted by Crippen LogP contribution is 2.24. The first-order valence-corrected chi connectivity index (χ1v) is 9.16. The number of carbonyl (C=O) groups excluding carboxylic acids is 3. The summed E-state index contributed by atoms with van der Waals surface area (Å²) in [6, 6.07) is 2.07. The van der Waals surface area contributed by atoms with Crippen LogP contribution in [-0.2, 0) is 9.59 Å². The van der Waals surface area contributed by atoms with E-state index in [4.69, 9.17) is 0 Å². The number of rotatable bonds is 9. The summed E-state index contributed by atoms with van der Waals surface area (Å²) in [7, 11) is 0. The van der Waals surface area contributed by atoms with E-state index in [2.05, 4.69) is 17.6 Å². The zero-order valence-corrected chi connectivity index (χ0v) is 15.6. The third-order valence-corrected chi connectivity index (χ3v) is 4.63. The average Bonchev–Trinajstić information content (AvgIpc) is 2.81. The van der Waals surface area contributed by atoms with Crippen molar-refractivity contribution in [3.63, 3.8) is 0 Å². The predicted octanol–water partition coefficient (Wildman–Crippen LogP) is 3.57. The molecule has 0 saturated carbocycles. The van der Waals surface area contributed by atoms with Crippen LogP contribution in [0.2, 0.25) is 0 Å². The summed E-state index contributed by atoms with van der Waals surface area (Å²) in [5.74, 6) is -2.92. The predicted molar refractivity (Wildman–Crippen MR) is 97.0 cm³/mol. The second kappa shape index (κ2) is 8.92. The monoisotopic (exact) mass is 381 g/mol. The number of amides is 4. The van der Waals surface area contributed by atoms with E-state index in [9.17, 15) is 23.2 Å². The maximum absolute atomic E-state index is 13.6. The summed E-state index contributed by atoms with van der Waals surface area (Å²) in [6.07, 6.45) is 5.57. The van der Waals surface area contributed by atoms with Crippen molar-refractivity contribution in [2.45, 2.75) is 57.9 Å². The van der Waals surface area contributed by atoms with Crippen molar-refractivity contribution in [1.82, 2.24) is 10.2 Å². The minimum absolute atomic E-state index is 0.216. The Kier molecular flexibility index (Phi) is 6.87. The fourth-order valence-electron chi connectivity index (χ4n) is 3.07. The standard InChI is InChI=1S/C19H25F2N3O3/c1-3-4-5-6-7-10-19(2)17(26)24(18(27)23-19)12-16(25)22-15-9-8-13(20)11-14(15)21/h8-9,11H,3-7,10,12H2,1-2H3,(H,22,25)(H,23,27). The van der Waals surface area contributed by atoms with Crippen LogP contribution in [0.3, 0.4) is 0 Å². The van der Waals surface area contributed by atoms with Crippen LogP contribution in [0.25, 0.3) is 0 Å². The fraction of sp³-hybridized carbons (Fsp3) is 0.526. The smallest absolute Gasteiger partial charge is 0.323 e. The molecule has 1 aromatic rings. The Balaban J connectivity index is 1.93. The Bertz CT molecular complexity index is 726. The van der Waals surface area contributed by atoms with Crippen molar-refractivity contribution in [2.24, 2.45) is 0 Å². The molecular formula is C19H25F2N3O3. The van der Waals surface area contributed by atoms with E-state index in [0.29, 0.717) is 12.5 Å². The van der Waals surface area contributed by atoms with Gasteiger partial charge in [-0.15, -0.1) is 0 Å². The molecular weight excluding hydrogens is 356 g/mol. The van der Waals surface area contributed by atoms with Crippen LogP contribution in [0.1, 0.15) is 52.4 Å². The molecule has 1 aliphatic rings. The number of imide groups is 1. The lowest BCUT2D eigenvalue weighted by Crippen LogP contribution is -2.44. The van der Waals surface area contributed by atoms with Crippen molar-refractivity contribution in [1.29, 1.82) is 0 Å². The van der Waals surface area contributed by atoms with Crippen LogP contribution >= 0.6 is 0 Å². The number of nitrogens with one attached hydrogen (secondary N) is 2. The van der Waals surface area contributed by atoms with Crippen molar-refractivity contribution >= 4 is 23.5 Å². The molecule has 2 N–H and O–H groups in total. The van der Waals surface area contributed by atoms with Crippen LogP contribution in [0, 0.1) is 11.6 Å². The van der Waals surface area contributed by atoms with Gasteiger partial charge in [0.1, 0.15) is 23.7 Å². The molecule has 0 radical (unpaired) electrons. The number of benzene rings is 1. The summed E-state index contributed by atoms with van der Waals surface area (Å²) in [6.45, 7) is 3.22. The molecule has 27 heavy (non-hydrogen) atoms. The lowest BCUT2D eigenvalue weighted by molar-refractivity contribution is -0.133. The molecule has 1 aromatic carbocycles. The largest absolute Gasteiger partial charge is 0.325 e. The van der Waals surface area contributed by atoms with Crippen LogP contribution < -0.4 is 10.6 Å². The van der Waals surface area contributed by atoms with Gasteiger partial charge in [-0.3, -0.25) is 14.5 Å². The van der Waals surface area contributed by atoms with Crippen LogP contribution in [0.5, 0.6) is 0 Å². The van der Waals surface area contributed by atoms with Crippen molar-refractivity contribution in [2.75, 3.05) is 11.9 Å². The van der Waals surface area contributed by atoms with E-state index in [1.807, 2.05) is 0 Å². The number of hydrogen-bond donors (Lipinski definition) is 2. The van der Waals surface area contributed by atoms with Gasteiger partial charge in [-0.25, -0.2) is 13.6 Å². The molecule has 1 atom stereocenters. The van der Waals surface area contributed by atoms with E-state index in [0.717, 1.165) is 49.1 Å². The first-order valence-electron chi connectivity index (χ1n) is 9.16. The Labute approximate surface area is 157 Å². The van der Waals surface area contributed by atoms with Gasteiger partial charge in [-0.1, -0.05) is 39.0 Å². The molecule has 8 heteroatoms. The van der Waals surface area contributed by atoms with Gasteiger partial charge in [-0.2, -0.15) is 0 Å². The van der Waals surface area contributed by atoms with E-state index in [-0.39, 0.29) is 5.69 Å². The maximum Gasteiger partial charge on any atom is 0.325 e. The normalized spacial score (nSPS) is 19.3. The van der Waals surface area contributed by atoms with E-state index in [1.54, 1.807) is 6.92 Å². The number of anilines is 1. The quantitative estimate of drug-likeness (QED) is 0.507. The van der Waals surface area contributed by atoms with Crippen molar-refractivity contribution in [3.05, 3.63) is 29.8 Å².